The zero-order chi connectivity index (χ0) is 43.5. The Hall–Kier alpha value is -2.92. The minimum absolute atomic E-state index is 0.0605. The fourth-order valence-electron chi connectivity index (χ4n) is 6.69. The van der Waals surface area contributed by atoms with Crippen molar-refractivity contribution in [2.75, 3.05) is 19.8 Å². The van der Waals surface area contributed by atoms with Crippen LogP contribution in [0.5, 0.6) is 0 Å². The SMILES string of the molecule is CC/C=C\C/C=C\C/C=C\C/C=C\C/C=C\CCCCCC(=O)OCC(COCCCCCCCCCCCCCC)OC(=O)CCCCCCC/C=C\C/C=C\CCC. The van der Waals surface area contributed by atoms with Gasteiger partial charge in [-0.25, -0.2) is 0 Å². The smallest absolute Gasteiger partial charge is 0.306 e. The van der Waals surface area contributed by atoms with Crippen LogP contribution in [0.4, 0.5) is 0 Å². The summed E-state index contributed by atoms with van der Waals surface area (Å²) in [5.74, 6) is -0.450. The van der Waals surface area contributed by atoms with Gasteiger partial charge in [-0.3, -0.25) is 9.59 Å². The van der Waals surface area contributed by atoms with Gasteiger partial charge in [-0.05, 0) is 89.9 Å². The topological polar surface area (TPSA) is 61.8 Å². The first-order valence-corrected chi connectivity index (χ1v) is 25.1. The van der Waals surface area contributed by atoms with Crippen LogP contribution in [0.15, 0.2) is 85.1 Å². The summed E-state index contributed by atoms with van der Waals surface area (Å²) in [6, 6.07) is 0. The van der Waals surface area contributed by atoms with Crippen molar-refractivity contribution in [3.05, 3.63) is 85.1 Å². The first-order chi connectivity index (χ1) is 29.6. The fourth-order valence-corrected chi connectivity index (χ4v) is 6.69. The molecule has 0 saturated heterocycles. The average molecular weight is 835 g/mol. The van der Waals surface area contributed by atoms with Crippen LogP contribution in [-0.2, 0) is 23.8 Å². The molecule has 1 unspecified atom stereocenters. The van der Waals surface area contributed by atoms with E-state index in [2.05, 4.69) is 106 Å². The van der Waals surface area contributed by atoms with Gasteiger partial charge >= 0.3 is 11.9 Å². The van der Waals surface area contributed by atoms with Gasteiger partial charge in [-0.1, -0.05) is 209 Å². The van der Waals surface area contributed by atoms with Crippen LogP contribution >= 0.6 is 0 Å². The van der Waals surface area contributed by atoms with Crippen molar-refractivity contribution in [2.45, 2.75) is 232 Å². The van der Waals surface area contributed by atoms with E-state index in [1.54, 1.807) is 0 Å². The van der Waals surface area contributed by atoms with Gasteiger partial charge in [0.15, 0.2) is 6.10 Å². The number of hydrogen-bond acceptors (Lipinski definition) is 5. The van der Waals surface area contributed by atoms with Crippen LogP contribution in [0.25, 0.3) is 0 Å². The molecule has 1 atom stereocenters. The third-order valence-corrected chi connectivity index (χ3v) is 10.4. The van der Waals surface area contributed by atoms with Gasteiger partial charge in [0.05, 0.1) is 6.61 Å². The molecule has 0 bridgehead atoms. The summed E-state index contributed by atoms with van der Waals surface area (Å²) < 4.78 is 17.3. The molecule has 344 valence electrons. The number of carbonyl (C=O) groups excluding carboxylic acids is 2. The van der Waals surface area contributed by atoms with Crippen LogP contribution in [-0.4, -0.2) is 37.9 Å². The van der Waals surface area contributed by atoms with Crippen molar-refractivity contribution in [1.29, 1.82) is 0 Å². The Labute approximate surface area is 371 Å². The van der Waals surface area contributed by atoms with Gasteiger partial charge in [0.2, 0.25) is 0 Å². The number of hydrogen-bond donors (Lipinski definition) is 0. The van der Waals surface area contributed by atoms with Gasteiger partial charge in [0.1, 0.15) is 6.61 Å². The van der Waals surface area contributed by atoms with Crippen molar-refractivity contribution in [3.8, 4) is 0 Å². The lowest BCUT2D eigenvalue weighted by atomic mass is 10.1. The minimum Gasteiger partial charge on any atom is -0.462 e. The number of unbranched alkanes of at least 4 members (excludes halogenated alkanes) is 20. The highest BCUT2D eigenvalue weighted by Crippen LogP contribution is 2.13. The van der Waals surface area contributed by atoms with Crippen molar-refractivity contribution in [1.82, 2.24) is 0 Å². The maximum absolute atomic E-state index is 12.8. The van der Waals surface area contributed by atoms with E-state index in [4.69, 9.17) is 14.2 Å². The Morgan fingerprint density at radius 2 is 0.783 bits per heavy atom. The van der Waals surface area contributed by atoms with Crippen molar-refractivity contribution < 1.29 is 23.8 Å². The van der Waals surface area contributed by atoms with Gasteiger partial charge in [0, 0.05) is 19.4 Å². The highest BCUT2D eigenvalue weighted by molar-refractivity contribution is 5.70. The summed E-state index contributed by atoms with van der Waals surface area (Å²) in [7, 11) is 0. The number of esters is 2. The molecule has 0 N–H and O–H groups in total. The van der Waals surface area contributed by atoms with E-state index in [0.717, 1.165) is 109 Å². The lowest BCUT2D eigenvalue weighted by molar-refractivity contribution is -0.163. The molecule has 0 aliphatic heterocycles. The Morgan fingerprint density at radius 1 is 0.383 bits per heavy atom. The number of carbonyl (C=O) groups is 2. The van der Waals surface area contributed by atoms with Crippen LogP contribution < -0.4 is 0 Å². The lowest BCUT2D eigenvalue weighted by Crippen LogP contribution is -2.30. The number of ether oxygens (including phenoxy) is 3. The Kier molecular flexibility index (Phi) is 48.0. The lowest BCUT2D eigenvalue weighted by Gasteiger charge is -2.18. The fraction of sp³-hybridized carbons (Fsp3) is 0.709. The molecule has 60 heavy (non-hydrogen) atoms. The first-order valence-electron chi connectivity index (χ1n) is 25.1. The average Bonchev–Trinajstić information content (AvgIpc) is 3.25. The zero-order valence-electron chi connectivity index (χ0n) is 39.5. The molecular formula is C55H94O5. The minimum atomic E-state index is -0.558. The second kappa shape index (κ2) is 50.4. The summed E-state index contributed by atoms with van der Waals surface area (Å²) >= 11 is 0. The second-order valence-corrected chi connectivity index (χ2v) is 16.3. The van der Waals surface area contributed by atoms with Crippen LogP contribution in [0.1, 0.15) is 226 Å². The highest BCUT2D eigenvalue weighted by Gasteiger charge is 2.17. The van der Waals surface area contributed by atoms with Crippen molar-refractivity contribution in [3.63, 3.8) is 0 Å². The number of allylic oxidation sites excluding steroid dienone is 14. The molecule has 0 aromatic rings. The Bertz CT molecular complexity index is 1130. The third-order valence-electron chi connectivity index (χ3n) is 10.4. The van der Waals surface area contributed by atoms with Crippen LogP contribution in [0.3, 0.4) is 0 Å². The standard InChI is InChI=1S/C55H94O5/c1-4-7-10-13-16-19-22-25-26-27-28-29-30-32-33-36-39-42-45-48-54(56)59-52-53(51-58-50-47-44-41-38-35-24-21-18-15-12-9-6-3)60-55(57)49-46-43-40-37-34-31-23-20-17-14-11-8-5-2/h7,10-11,14,16,19-20,23,25-26,28-29,32-33,53H,4-6,8-9,12-13,15,17-18,21-22,24,27,30-31,34-52H2,1-3H3/b10-7-,14-11-,19-16-,23-20-,26-25-,29-28-,33-32-. The molecule has 5 heteroatoms. The molecule has 0 amide bonds. The molecule has 0 heterocycles. The van der Waals surface area contributed by atoms with Crippen molar-refractivity contribution in [2.24, 2.45) is 0 Å². The quantitative estimate of drug-likeness (QED) is 0.0347. The van der Waals surface area contributed by atoms with Crippen LogP contribution in [0.2, 0.25) is 0 Å². The van der Waals surface area contributed by atoms with E-state index in [0.29, 0.717) is 19.4 Å². The van der Waals surface area contributed by atoms with E-state index in [1.807, 2.05) is 0 Å². The molecule has 0 radical (unpaired) electrons. The number of rotatable bonds is 45. The van der Waals surface area contributed by atoms with E-state index >= 15 is 0 Å². The Balaban J connectivity index is 4.33. The molecule has 0 aliphatic carbocycles. The zero-order valence-corrected chi connectivity index (χ0v) is 39.5. The molecule has 0 fully saturated rings. The Morgan fingerprint density at radius 3 is 1.28 bits per heavy atom. The van der Waals surface area contributed by atoms with Crippen LogP contribution in [0, 0.1) is 0 Å². The largest absolute Gasteiger partial charge is 0.462 e. The summed E-state index contributed by atoms with van der Waals surface area (Å²) in [5.41, 5.74) is 0. The summed E-state index contributed by atoms with van der Waals surface area (Å²) in [6.45, 7) is 7.60. The normalized spacial score (nSPS) is 12.9. The molecule has 0 aromatic heterocycles. The van der Waals surface area contributed by atoms with Gasteiger partial charge in [-0.15, -0.1) is 0 Å². The molecule has 0 rings (SSSR count). The summed E-state index contributed by atoms with van der Waals surface area (Å²) in [4.78, 5) is 25.3. The van der Waals surface area contributed by atoms with Gasteiger partial charge in [0.25, 0.3) is 0 Å². The maximum atomic E-state index is 12.8. The molecular weight excluding hydrogens is 741 g/mol. The first kappa shape index (κ1) is 57.1. The summed E-state index contributed by atoms with van der Waals surface area (Å²) in [6.07, 6.45) is 65.8. The van der Waals surface area contributed by atoms with Crippen molar-refractivity contribution >= 4 is 11.9 Å². The van der Waals surface area contributed by atoms with Gasteiger partial charge in [-0.2, -0.15) is 0 Å². The van der Waals surface area contributed by atoms with Gasteiger partial charge < -0.3 is 14.2 Å². The van der Waals surface area contributed by atoms with E-state index in [-0.39, 0.29) is 25.2 Å². The van der Waals surface area contributed by atoms with E-state index in [1.165, 1.54) is 83.5 Å². The molecule has 5 nitrogen and oxygen atoms in total. The predicted octanol–water partition coefficient (Wildman–Crippen LogP) is 16.9. The highest BCUT2D eigenvalue weighted by atomic mass is 16.6. The monoisotopic (exact) mass is 835 g/mol. The molecule has 0 aromatic carbocycles. The van der Waals surface area contributed by atoms with E-state index < -0.39 is 6.10 Å². The maximum Gasteiger partial charge on any atom is 0.306 e. The molecule has 0 saturated carbocycles. The predicted molar refractivity (Wildman–Crippen MR) is 260 cm³/mol. The third kappa shape index (κ3) is 47.8. The molecule has 0 spiro atoms. The van der Waals surface area contributed by atoms with E-state index in [9.17, 15) is 9.59 Å². The second-order valence-electron chi connectivity index (χ2n) is 16.3. The molecule has 0 aliphatic rings. The summed E-state index contributed by atoms with van der Waals surface area (Å²) in [5, 5.41) is 0.